The summed E-state index contributed by atoms with van der Waals surface area (Å²) in [6, 6.07) is 2.44. The van der Waals surface area contributed by atoms with E-state index in [1.165, 1.54) is 0 Å². The number of nitrogens with one attached hydrogen (secondary N) is 1. The average molecular weight is 233 g/mol. The topological polar surface area (TPSA) is 84.1 Å². The lowest BCUT2D eigenvalue weighted by atomic mass is 10.1. The highest BCUT2D eigenvalue weighted by atomic mass is 16.1. The molecule has 3 rings (SSSR count). The van der Waals surface area contributed by atoms with Crippen LogP contribution in [0.5, 0.6) is 0 Å². The van der Waals surface area contributed by atoms with Gasteiger partial charge in [-0.05, 0) is 18.9 Å². The second kappa shape index (κ2) is 3.87. The number of hydrogen-bond acceptors (Lipinski definition) is 5. The number of hydrogen-bond donors (Lipinski definition) is 2. The van der Waals surface area contributed by atoms with Gasteiger partial charge in [0.1, 0.15) is 5.82 Å². The lowest BCUT2D eigenvalue weighted by Crippen LogP contribution is -2.38. The van der Waals surface area contributed by atoms with Crippen LogP contribution in [0, 0.1) is 0 Å². The van der Waals surface area contributed by atoms with Gasteiger partial charge in [0.15, 0.2) is 0 Å². The molecule has 0 unspecified atom stereocenters. The van der Waals surface area contributed by atoms with Gasteiger partial charge in [0.25, 0.3) is 0 Å². The predicted octanol–water partition coefficient (Wildman–Crippen LogP) is -0.0839. The lowest BCUT2D eigenvalue weighted by molar-refractivity contribution is -0.121. The van der Waals surface area contributed by atoms with Gasteiger partial charge in [0, 0.05) is 31.2 Å². The van der Waals surface area contributed by atoms with Crippen molar-refractivity contribution < 1.29 is 4.79 Å². The summed E-state index contributed by atoms with van der Waals surface area (Å²) in [5, 5.41) is 2.94. The van der Waals surface area contributed by atoms with E-state index in [1.54, 1.807) is 6.20 Å². The van der Waals surface area contributed by atoms with E-state index < -0.39 is 0 Å². The van der Waals surface area contributed by atoms with Crippen LogP contribution in [0.1, 0.15) is 19.3 Å². The van der Waals surface area contributed by atoms with Crippen LogP contribution in [0.3, 0.4) is 0 Å². The Morgan fingerprint density at radius 2 is 2.24 bits per heavy atom. The molecule has 2 atom stereocenters. The van der Waals surface area contributed by atoms with Crippen LogP contribution >= 0.6 is 0 Å². The molecule has 1 aromatic rings. The molecule has 1 aromatic heterocycles. The van der Waals surface area contributed by atoms with Crippen LogP contribution in [-0.4, -0.2) is 34.5 Å². The third-order valence-electron chi connectivity index (χ3n) is 3.50. The fourth-order valence-electron chi connectivity index (χ4n) is 2.76. The molecule has 0 aromatic carbocycles. The Hall–Kier alpha value is -1.85. The highest BCUT2D eigenvalue weighted by Gasteiger charge is 2.38. The van der Waals surface area contributed by atoms with Crippen molar-refractivity contribution in [2.75, 3.05) is 17.2 Å². The Kier molecular flexibility index (Phi) is 2.35. The van der Waals surface area contributed by atoms with Gasteiger partial charge in [-0.2, -0.15) is 4.98 Å². The summed E-state index contributed by atoms with van der Waals surface area (Å²) < 4.78 is 0. The minimum absolute atomic E-state index is 0.129. The summed E-state index contributed by atoms with van der Waals surface area (Å²) in [4.78, 5) is 21.9. The maximum atomic E-state index is 11.5. The van der Waals surface area contributed by atoms with Crippen molar-refractivity contribution in [3.8, 4) is 0 Å². The summed E-state index contributed by atoms with van der Waals surface area (Å²) in [7, 11) is 0. The van der Waals surface area contributed by atoms with Crippen LogP contribution in [-0.2, 0) is 4.79 Å². The molecule has 1 amide bonds. The van der Waals surface area contributed by atoms with Gasteiger partial charge in [-0.25, -0.2) is 4.98 Å². The normalized spacial score (nSPS) is 27.8. The number of aromatic nitrogens is 2. The lowest BCUT2D eigenvalue weighted by Gasteiger charge is -2.28. The number of nitrogen functional groups attached to an aromatic ring is 1. The fraction of sp³-hybridized carbons (Fsp3) is 0.545. The number of nitrogens with zero attached hydrogens (tertiary/aromatic N) is 3. The van der Waals surface area contributed by atoms with E-state index in [-0.39, 0.29) is 17.9 Å². The van der Waals surface area contributed by atoms with Gasteiger partial charge in [-0.3, -0.25) is 4.79 Å². The molecule has 3 N–H and O–H groups in total. The molecular formula is C11H15N5O. The smallest absolute Gasteiger partial charge is 0.222 e. The molecule has 2 saturated heterocycles. The van der Waals surface area contributed by atoms with Gasteiger partial charge < -0.3 is 16.0 Å². The summed E-state index contributed by atoms with van der Waals surface area (Å²) in [6.45, 7) is 0.694. The molecule has 0 aliphatic carbocycles. The summed E-state index contributed by atoms with van der Waals surface area (Å²) in [6.07, 6.45) is 4.34. The van der Waals surface area contributed by atoms with Crippen LogP contribution in [0.4, 0.5) is 11.8 Å². The zero-order valence-corrected chi connectivity index (χ0v) is 9.47. The van der Waals surface area contributed by atoms with E-state index in [0.717, 1.165) is 18.7 Å². The van der Waals surface area contributed by atoms with Crippen LogP contribution in [0.25, 0.3) is 0 Å². The molecule has 0 radical (unpaired) electrons. The van der Waals surface area contributed by atoms with E-state index in [1.807, 2.05) is 6.07 Å². The SMILES string of the molecule is Nc1nccc(N2[C@@H]3CC[C@H]2CNC(=O)C3)n1. The molecule has 3 heterocycles. The third kappa shape index (κ3) is 1.79. The maximum Gasteiger partial charge on any atom is 0.222 e. The number of nitrogens with two attached hydrogens (primary N) is 1. The molecule has 2 bridgehead atoms. The Morgan fingerprint density at radius 1 is 1.41 bits per heavy atom. The highest BCUT2D eigenvalue weighted by Crippen LogP contribution is 2.32. The third-order valence-corrected chi connectivity index (χ3v) is 3.50. The number of carbonyl (C=O) groups excluding carboxylic acids is 1. The maximum absolute atomic E-state index is 11.5. The van der Waals surface area contributed by atoms with Crippen LogP contribution < -0.4 is 16.0 Å². The van der Waals surface area contributed by atoms with Crippen LogP contribution in [0.15, 0.2) is 12.3 Å². The van der Waals surface area contributed by atoms with Crippen molar-refractivity contribution in [2.45, 2.75) is 31.3 Å². The van der Waals surface area contributed by atoms with Crippen molar-refractivity contribution >= 4 is 17.7 Å². The average Bonchev–Trinajstić information content (AvgIpc) is 2.60. The molecule has 6 heteroatoms. The second-order valence-electron chi connectivity index (χ2n) is 4.57. The molecule has 6 nitrogen and oxygen atoms in total. The standard InChI is InChI=1S/C11H15N5O/c12-11-13-4-3-9(15-11)16-7-1-2-8(16)6-14-10(17)5-7/h3-4,7-8H,1-2,5-6H2,(H,14,17)(H2,12,13,15)/t7-,8+/m1/s1. The number of fused-ring (bicyclic) bond motifs is 2. The number of amides is 1. The first-order valence-electron chi connectivity index (χ1n) is 5.87. The van der Waals surface area contributed by atoms with Crippen molar-refractivity contribution in [3.05, 3.63) is 12.3 Å². The first-order valence-corrected chi connectivity index (χ1v) is 5.87. The predicted molar refractivity (Wildman–Crippen MR) is 63.4 cm³/mol. The van der Waals surface area contributed by atoms with Crippen molar-refractivity contribution in [2.24, 2.45) is 0 Å². The van der Waals surface area contributed by atoms with E-state index in [9.17, 15) is 4.79 Å². The van der Waals surface area contributed by atoms with Gasteiger partial charge in [-0.15, -0.1) is 0 Å². The number of anilines is 2. The molecule has 0 spiro atoms. The summed E-state index contributed by atoms with van der Waals surface area (Å²) >= 11 is 0. The fourth-order valence-corrected chi connectivity index (χ4v) is 2.76. The largest absolute Gasteiger partial charge is 0.368 e. The van der Waals surface area contributed by atoms with Gasteiger partial charge in [0.2, 0.25) is 11.9 Å². The van der Waals surface area contributed by atoms with E-state index in [0.29, 0.717) is 19.0 Å². The number of rotatable bonds is 1. The molecule has 2 fully saturated rings. The first kappa shape index (κ1) is 10.3. The molecule has 17 heavy (non-hydrogen) atoms. The van der Waals surface area contributed by atoms with Crippen LogP contribution in [0.2, 0.25) is 0 Å². The van der Waals surface area contributed by atoms with Gasteiger partial charge in [-0.1, -0.05) is 0 Å². The Bertz CT molecular complexity index is 449. The van der Waals surface area contributed by atoms with Crippen molar-refractivity contribution in [1.29, 1.82) is 0 Å². The Morgan fingerprint density at radius 3 is 3.06 bits per heavy atom. The molecule has 0 saturated carbocycles. The van der Waals surface area contributed by atoms with E-state index >= 15 is 0 Å². The van der Waals surface area contributed by atoms with E-state index in [2.05, 4.69) is 20.2 Å². The Labute approximate surface area is 99.2 Å². The second-order valence-corrected chi connectivity index (χ2v) is 4.57. The molecule has 90 valence electrons. The minimum Gasteiger partial charge on any atom is -0.368 e. The van der Waals surface area contributed by atoms with Crippen molar-refractivity contribution in [1.82, 2.24) is 15.3 Å². The molecule has 2 aliphatic heterocycles. The minimum atomic E-state index is 0.129. The monoisotopic (exact) mass is 233 g/mol. The van der Waals surface area contributed by atoms with E-state index in [4.69, 9.17) is 5.73 Å². The molecular weight excluding hydrogens is 218 g/mol. The quantitative estimate of drug-likeness (QED) is 0.708. The highest BCUT2D eigenvalue weighted by molar-refractivity contribution is 5.78. The summed E-state index contributed by atoms with van der Waals surface area (Å²) in [5.74, 6) is 1.25. The van der Waals surface area contributed by atoms with Gasteiger partial charge >= 0.3 is 0 Å². The Balaban J connectivity index is 1.94. The zero-order valence-electron chi connectivity index (χ0n) is 9.47. The first-order chi connectivity index (χ1) is 8.24. The van der Waals surface area contributed by atoms with Crippen molar-refractivity contribution in [3.63, 3.8) is 0 Å². The molecule has 2 aliphatic rings. The summed E-state index contributed by atoms with van der Waals surface area (Å²) in [5.41, 5.74) is 5.61. The zero-order chi connectivity index (χ0) is 11.8. The van der Waals surface area contributed by atoms with Gasteiger partial charge in [0.05, 0.1) is 0 Å². The number of carbonyl (C=O) groups is 1.